The first kappa shape index (κ1) is 18.5. The standard InChI is InChI=1S/C23H17N7OS/c1-24-23(31)19-9-12-2-3-13(10-18(12)27-19)21-28-17-6-7-32-20(17)22(29-21)26-15-4-5-16-14(8-15)11-25-30-16/h2-11,27H,1H3,(H,24,31)(H,25,30)(H,26,28,29). The van der Waals surface area contributed by atoms with Crippen LogP contribution in [0.15, 0.2) is 60.1 Å². The number of hydrogen-bond donors (Lipinski definition) is 4. The van der Waals surface area contributed by atoms with Gasteiger partial charge in [0.25, 0.3) is 5.91 Å². The summed E-state index contributed by atoms with van der Waals surface area (Å²) in [5.74, 6) is 1.21. The van der Waals surface area contributed by atoms with E-state index in [1.165, 1.54) is 0 Å². The highest BCUT2D eigenvalue weighted by Gasteiger charge is 2.14. The van der Waals surface area contributed by atoms with Crippen LogP contribution in [0.5, 0.6) is 0 Å². The lowest BCUT2D eigenvalue weighted by Crippen LogP contribution is -2.17. The van der Waals surface area contributed by atoms with Gasteiger partial charge in [-0.1, -0.05) is 12.1 Å². The van der Waals surface area contributed by atoms with Crippen molar-refractivity contribution in [3.63, 3.8) is 0 Å². The van der Waals surface area contributed by atoms with Crippen LogP contribution in [0.4, 0.5) is 11.5 Å². The second-order valence-corrected chi connectivity index (χ2v) is 8.31. The molecule has 9 heteroatoms. The van der Waals surface area contributed by atoms with Gasteiger partial charge in [-0.3, -0.25) is 9.89 Å². The molecule has 8 nitrogen and oxygen atoms in total. The Hall–Kier alpha value is -4.24. The van der Waals surface area contributed by atoms with Gasteiger partial charge in [-0.2, -0.15) is 5.10 Å². The second-order valence-electron chi connectivity index (χ2n) is 7.39. The average Bonchev–Trinajstić information content (AvgIpc) is 3.56. The summed E-state index contributed by atoms with van der Waals surface area (Å²) in [5.41, 5.74) is 5.03. The molecule has 0 unspecified atom stereocenters. The number of carbonyl (C=O) groups is 1. The molecular formula is C23H17N7OS. The number of H-pyrrole nitrogens is 2. The van der Waals surface area contributed by atoms with Crippen molar-refractivity contribution in [3.05, 3.63) is 65.8 Å². The van der Waals surface area contributed by atoms with Gasteiger partial charge in [0.15, 0.2) is 11.6 Å². The van der Waals surface area contributed by atoms with Gasteiger partial charge in [0.1, 0.15) is 5.69 Å². The lowest BCUT2D eigenvalue weighted by Gasteiger charge is -2.09. The number of aromatic amines is 2. The smallest absolute Gasteiger partial charge is 0.267 e. The molecule has 0 atom stereocenters. The van der Waals surface area contributed by atoms with E-state index < -0.39 is 0 Å². The molecule has 0 aliphatic carbocycles. The summed E-state index contributed by atoms with van der Waals surface area (Å²) < 4.78 is 0.990. The first-order valence-corrected chi connectivity index (χ1v) is 10.9. The van der Waals surface area contributed by atoms with Crippen molar-refractivity contribution in [2.24, 2.45) is 0 Å². The van der Waals surface area contributed by atoms with E-state index in [0.717, 1.165) is 49.1 Å². The van der Waals surface area contributed by atoms with Gasteiger partial charge in [-0.25, -0.2) is 9.97 Å². The Labute approximate surface area is 185 Å². The number of aromatic nitrogens is 5. The first-order valence-electron chi connectivity index (χ1n) is 9.98. The van der Waals surface area contributed by atoms with Gasteiger partial charge in [-0.15, -0.1) is 11.3 Å². The van der Waals surface area contributed by atoms with Crippen molar-refractivity contribution in [1.82, 2.24) is 30.5 Å². The molecule has 2 aromatic carbocycles. The fourth-order valence-electron chi connectivity index (χ4n) is 3.76. The number of thiophene rings is 1. The van der Waals surface area contributed by atoms with Crippen LogP contribution in [-0.4, -0.2) is 38.1 Å². The van der Waals surface area contributed by atoms with Crippen LogP contribution in [-0.2, 0) is 0 Å². The van der Waals surface area contributed by atoms with Crippen LogP contribution in [0, 0.1) is 0 Å². The molecule has 0 bridgehead atoms. The van der Waals surface area contributed by atoms with Crippen LogP contribution < -0.4 is 10.6 Å². The number of hydrogen-bond acceptors (Lipinski definition) is 6. The zero-order valence-electron chi connectivity index (χ0n) is 16.9. The van der Waals surface area contributed by atoms with Gasteiger partial charge < -0.3 is 15.6 Å². The van der Waals surface area contributed by atoms with Gasteiger partial charge >= 0.3 is 0 Å². The Morgan fingerprint density at radius 1 is 1.00 bits per heavy atom. The third kappa shape index (κ3) is 3.07. The fraction of sp³-hybridized carbons (Fsp3) is 0.0435. The summed E-state index contributed by atoms with van der Waals surface area (Å²) in [5, 5.41) is 17.1. The van der Waals surface area contributed by atoms with Crippen molar-refractivity contribution in [2.45, 2.75) is 0 Å². The second kappa shape index (κ2) is 7.17. The van der Waals surface area contributed by atoms with Crippen LogP contribution in [0.2, 0.25) is 0 Å². The van der Waals surface area contributed by atoms with Crippen molar-refractivity contribution in [2.75, 3.05) is 12.4 Å². The largest absolute Gasteiger partial charge is 0.354 e. The number of fused-ring (bicyclic) bond motifs is 3. The van der Waals surface area contributed by atoms with E-state index in [0.29, 0.717) is 11.5 Å². The molecule has 0 aliphatic heterocycles. The quantitative estimate of drug-likeness (QED) is 0.315. The Balaban J connectivity index is 1.43. The summed E-state index contributed by atoms with van der Waals surface area (Å²) >= 11 is 1.60. The molecule has 32 heavy (non-hydrogen) atoms. The van der Waals surface area contributed by atoms with E-state index >= 15 is 0 Å². The summed E-state index contributed by atoms with van der Waals surface area (Å²) in [6.07, 6.45) is 1.80. The number of nitrogens with one attached hydrogen (secondary N) is 4. The van der Waals surface area contributed by atoms with Crippen LogP contribution in [0.3, 0.4) is 0 Å². The Bertz CT molecular complexity index is 1630. The predicted octanol–water partition coefficient (Wildman–Crippen LogP) is 4.82. The molecule has 156 valence electrons. The van der Waals surface area contributed by atoms with Crippen molar-refractivity contribution in [3.8, 4) is 11.4 Å². The van der Waals surface area contributed by atoms with E-state index in [9.17, 15) is 4.79 Å². The van der Waals surface area contributed by atoms with E-state index in [1.807, 2.05) is 53.9 Å². The number of benzene rings is 2. The molecule has 0 saturated carbocycles. The predicted molar refractivity (Wildman–Crippen MR) is 127 cm³/mol. The van der Waals surface area contributed by atoms with E-state index in [2.05, 4.69) is 25.8 Å². The highest BCUT2D eigenvalue weighted by molar-refractivity contribution is 7.17. The molecule has 0 aliphatic rings. The van der Waals surface area contributed by atoms with Gasteiger partial charge in [0.2, 0.25) is 0 Å². The number of carbonyl (C=O) groups excluding carboxylic acids is 1. The molecule has 1 amide bonds. The normalized spacial score (nSPS) is 11.4. The fourth-order valence-corrected chi connectivity index (χ4v) is 4.53. The molecular weight excluding hydrogens is 422 g/mol. The Kier molecular flexibility index (Phi) is 4.15. The van der Waals surface area contributed by atoms with E-state index in [4.69, 9.17) is 9.97 Å². The topological polar surface area (TPSA) is 111 Å². The van der Waals surface area contributed by atoms with Crippen LogP contribution >= 0.6 is 11.3 Å². The summed E-state index contributed by atoms with van der Waals surface area (Å²) in [6.45, 7) is 0. The summed E-state index contributed by atoms with van der Waals surface area (Å²) in [6, 6.07) is 15.7. The Morgan fingerprint density at radius 2 is 1.94 bits per heavy atom. The van der Waals surface area contributed by atoms with Crippen molar-refractivity contribution in [1.29, 1.82) is 0 Å². The molecule has 0 spiro atoms. The molecule has 4 aromatic heterocycles. The minimum atomic E-state index is -0.153. The highest BCUT2D eigenvalue weighted by atomic mass is 32.1. The molecule has 6 aromatic rings. The Morgan fingerprint density at radius 3 is 2.84 bits per heavy atom. The third-order valence-electron chi connectivity index (χ3n) is 5.36. The SMILES string of the molecule is CNC(=O)c1cc2ccc(-c3nc(Nc4ccc5[nH]ncc5c4)c4sccc4n3)cc2[nH]1. The molecule has 0 saturated heterocycles. The maximum Gasteiger partial charge on any atom is 0.267 e. The lowest BCUT2D eigenvalue weighted by atomic mass is 10.1. The van der Waals surface area contributed by atoms with Crippen molar-refractivity contribution < 1.29 is 4.79 Å². The van der Waals surface area contributed by atoms with Crippen LogP contribution in [0.25, 0.3) is 43.4 Å². The molecule has 6 rings (SSSR count). The number of rotatable bonds is 4. The van der Waals surface area contributed by atoms with Crippen molar-refractivity contribution >= 4 is 60.8 Å². The van der Waals surface area contributed by atoms with E-state index in [1.54, 1.807) is 24.6 Å². The number of amides is 1. The minimum Gasteiger partial charge on any atom is -0.354 e. The highest BCUT2D eigenvalue weighted by Crippen LogP contribution is 2.32. The summed E-state index contributed by atoms with van der Waals surface area (Å²) in [4.78, 5) is 24.7. The third-order valence-corrected chi connectivity index (χ3v) is 6.27. The molecule has 4 N–H and O–H groups in total. The van der Waals surface area contributed by atoms with E-state index in [-0.39, 0.29) is 5.91 Å². The number of nitrogens with zero attached hydrogens (tertiary/aromatic N) is 3. The number of anilines is 2. The van der Waals surface area contributed by atoms with Gasteiger partial charge in [-0.05, 0) is 41.8 Å². The monoisotopic (exact) mass is 439 g/mol. The molecule has 0 radical (unpaired) electrons. The van der Waals surface area contributed by atoms with Gasteiger partial charge in [0, 0.05) is 34.6 Å². The average molecular weight is 440 g/mol. The lowest BCUT2D eigenvalue weighted by molar-refractivity contribution is 0.0959. The maximum atomic E-state index is 12.0. The zero-order chi connectivity index (χ0) is 21.7. The molecule has 4 heterocycles. The van der Waals surface area contributed by atoms with Crippen LogP contribution in [0.1, 0.15) is 10.5 Å². The zero-order valence-corrected chi connectivity index (χ0v) is 17.7. The maximum absolute atomic E-state index is 12.0. The minimum absolute atomic E-state index is 0.153. The molecule has 0 fully saturated rings. The van der Waals surface area contributed by atoms with Gasteiger partial charge in [0.05, 0.1) is 21.9 Å². The first-order chi connectivity index (χ1) is 15.7. The summed E-state index contributed by atoms with van der Waals surface area (Å²) in [7, 11) is 1.61.